The molecule has 1 unspecified atom stereocenters. The van der Waals surface area contributed by atoms with Crippen molar-refractivity contribution < 1.29 is 9.90 Å². The van der Waals surface area contributed by atoms with Crippen LogP contribution < -0.4 is 5.69 Å². The number of carbonyl (C=O) groups is 1. The lowest BCUT2D eigenvalue weighted by molar-refractivity contribution is -0.132. The molecule has 3 rings (SSSR count). The maximum absolute atomic E-state index is 12.7. The average molecular weight is 317 g/mol. The Hall–Kier alpha value is -2.08. The van der Waals surface area contributed by atoms with Gasteiger partial charge in [0.1, 0.15) is 6.54 Å². The average Bonchev–Trinajstić information content (AvgIpc) is 3.12. The number of benzene rings is 1. The minimum Gasteiger partial charge on any atom is -0.396 e. The predicted molar refractivity (Wildman–Crippen MR) is 88.2 cm³/mol. The summed E-state index contributed by atoms with van der Waals surface area (Å²) in [7, 11) is 1.73. The second-order valence-electron chi connectivity index (χ2n) is 6.17. The van der Waals surface area contributed by atoms with Crippen LogP contribution in [0.15, 0.2) is 29.1 Å². The first kappa shape index (κ1) is 15.8. The first-order valence-corrected chi connectivity index (χ1v) is 8.18. The zero-order valence-electron chi connectivity index (χ0n) is 13.4. The zero-order valence-corrected chi connectivity index (χ0v) is 13.4. The second-order valence-corrected chi connectivity index (χ2v) is 6.17. The highest BCUT2D eigenvalue weighted by Gasteiger charge is 2.28. The second kappa shape index (κ2) is 6.58. The summed E-state index contributed by atoms with van der Waals surface area (Å²) in [6.45, 7) is 0.978. The van der Waals surface area contributed by atoms with Crippen molar-refractivity contribution >= 4 is 16.9 Å². The summed E-state index contributed by atoms with van der Waals surface area (Å²) in [6, 6.07) is 7.72. The van der Waals surface area contributed by atoms with Gasteiger partial charge in [0.2, 0.25) is 5.91 Å². The number of hydrogen-bond donors (Lipinski definition) is 1. The number of aromatic nitrogens is 2. The number of amides is 1. The Balaban J connectivity index is 1.83. The fraction of sp³-hybridized carbons (Fsp3) is 0.529. The SMILES string of the molecule is Cn1c(=O)n(CC(=O)N2CCCC2CCCO)c2ccccc21. The van der Waals surface area contributed by atoms with Gasteiger partial charge in [0.15, 0.2) is 0 Å². The van der Waals surface area contributed by atoms with Gasteiger partial charge in [0.05, 0.1) is 11.0 Å². The summed E-state index contributed by atoms with van der Waals surface area (Å²) in [4.78, 5) is 27.0. The van der Waals surface area contributed by atoms with E-state index in [2.05, 4.69) is 0 Å². The van der Waals surface area contributed by atoms with E-state index in [4.69, 9.17) is 5.11 Å². The third-order valence-corrected chi connectivity index (χ3v) is 4.74. The molecule has 124 valence electrons. The number of imidazole rings is 1. The third kappa shape index (κ3) is 2.91. The van der Waals surface area contributed by atoms with Gasteiger partial charge in [-0.3, -0.25) is 13.9 Å². The zero-order chi connectivity index (χ0) is 16.4. The molecule has 0 saturated carbocycles. The molecule has 0 aliphatic carbocycles. The van der Waals surface area contributed by atoms with E-state index in [1.807, 2.05) is 29.2 Å². The Bertz CT molecular complexity index is 762. The summed E-state index contributed by atoms with van der Waals surface area (Å²) in [5.74, 6) is -0.0103. The number of aliphatic hydroxyl groups is 1. The number of carbonyl (C=O) groups excluding carboxylic acids is 1. The van der Waals surface area contributed by atoms with E-state index in [1.165, 1.54) is 0 Å². The Morgan fingerprint density at radius 1 is 1.30 bits per heavy atom. The highest BCUT2D eigenvalue weighted by Crippen LogP contribution is 2.22. The lowest BCUT2D eigenvalue weighted by atomic mass is 10.1. The van der Waals surface area contributed by atoms with E-state index >= 15 is 0 Å². The molecule has 1 amide bonds. The maximum Gasteiger partial charge on any atom is 0.329 e. The van der Waals surface area contributed by atoms with E-state index in [0.717, 1.165) is 36.8 Å². The fourth-order valence-corrected chi connectivity index (χ4v) is 3.53. The van der Waals surface area contributed by atoms with Crippen LogP contribution in [0.2, 0.25) is 0 Å². The Labute approximate surface area is 134 Å². The van der Waals surface area contributed by atoms with E-state index in [9.17, 15) is 9.59 Å². The van der Waals surface area contributed by atoms with Crippen molar-refractivity contribution in [2.75, 3.05) is 13.2 Å². The Kier molecular flexibility index (Phi) is 4.52. The number of rotatable bonds is 5. The van der Waals surface area contributed by atoms with Crippen molar-refractivity contribution in [1.29, 1.82) is 0 Å². The van der Waals surface area contributed by atoms with Gasteiger partial charge in [-0.2, -0.15) is 0 Å². The van der Waals surface area contributed by atoms with Crippen LogP contribution in [0.4, 0.5) is 0 Å². The highest BCUT2D eigenvalue weighted by molar-refractivity contribution is 5.81. The molecular weight excluding hydrogens is 294 g/mol. The van der Waals surface area contributed by atoms with Crippen LogP contribution in [0.3, 0.4) is 0 Å². The summed E-state index contributed by atoms with van der Waals surface area (Å²) < 4.78 is 3.13. The fourth-order valence-electron chi connectivity index (χ4n) is 3.53. The van der Waals surface area contributed by atoms with Crippen LogP contribution in [0.1, 0.15) is 25.7 Å². The molecule has 2 aromatic rings. The minimum atomic E-state index is -0.161. The number of nitrogens with zero attached hydrogens (tertiary/aromatic N) is 3. The molecular formula is C17H23N3O3. The van der Waals surface area contributed by atoms with Crippen molar-refractivity contribution in [1.82, 2.24) is 14.0 Å². The van der Waals surface area contributed by atoms with E-state index in [0.29, 0.717) is 6.42 Å². The lowest BCUT2D eigenvalue weighted by Crippen LogP contribution is -2.39. The molecule has 0 radical (unpaired) electrons. The smallest absolute Gasteiger partial charge is 0.329 e. The van der Waals surface area contributed by atoms with Crippen molar-refractivity contribution in [3.8, 4) is 0 Å². The topological polar surface area (TPSA) is 67.5 Å². The normalized spacial score (nSPS) is 18.0. The van der Waals surface area contributed by atoms with Gasteiger partial charge < -0.3 is 10.0 Å². The molecule has 1 fully saturated rings. The molecule has 1 aromatic carbocycles. The third-order valence-electron chi connectivity index (χ3n) is 4.74. The van der Waals surface area contributed by atoms with Gasteiger partial charge in [-0.15, -0.1) is 0 Å². The van der Waals surface area contributed by atoms with Crippen LogP contribution >= 0.6 is 0 Å². The number of aryl methyl sites for hydroxylation is 1. The Morgan fingerprint density at radius 3 is 2.78 bits per heavy atom. The number of hydrogen-bond acceptors (Lipinski definition) is 3. The predicted octanol–water partition coefficient (Wildman–Crippen LogP) is 1.10. The van der Waals surface area contributed by atoms with Crippen LogP contribution in [-0.2, 0) is 18.4 Å². The molecule has 23 heavy (non-hydrogen) atoms. The first-order chi connectivity index (χ1) is 11.1. The van der Waals surface area contributed by atoms with Gasteiger partial charge in [-0.25, -0.2) is 4.79 Å². The van der Waals surface area contributed by atoms with Crippen LogP contribution in [0, 0.1) is 0 Å². The van der Waals surface area contributed by atoms with Gasteiger partial charge in [0.25, 0.3) is 0 Å². The molecule has 6 heteroatoms. The molecule has 1 atom stereocenters. The summed E-state index contributed by atoms with van der Waals surface area (Å²) in [5.41, 5.74) is 1.47. The number of para-hydroxylation sites is 2. The molecule has 0 spiro atoms. The monoisotopic (exact) mass is 317 g/mol. The number of likely N-dealkylation sites (tertiary alicyclic amines) is 1. The summed E-state index contributed by atoms with van der Waals surface area (Å²) in [5, 5.41) is 8.99. The van der Waals surface area contributed by atoms with Gasteiger partial charge in [-0.1, -0.05) is 12.1 Å². The quantitative estimate of drug-likeness (QED) is 0.898. The standard InChI is InChI=1S/C17H23N3O3/c1-18-14-8-2-3-9-15(14)20(17(18)23)12-16(22)19-10-4-6-13(19)7-5-11-21/h2-3,8-9,13,21H,4-7,10-12H2,1H3. The summed E-state index contributed by atoms with van der Waals surface area (Å²) >= 11 is 0. The van der Waals surface area contributed by atoms with E-state index < -0.39 is 0 Å². The van der Waals surface area contributed by atoms with Gasteiger partial charge in [0, 0.05) is 26.2 Å². The lowest BCUT2D eigenvalue weighted by Gasteiger charge is -2.24. The molecule has 1 saturated heterocycles. The van der Waals surface area contributed by atoms with Crippen LogP contribution in [0.5, 0.6) is 0 Å². The molecule has 1 N–H and O–H groups in total. The van der Waals surface area contributed by atoms with Crippen molar-refractivity contribution in [3.05, 3.63) is 34.7 Å². The molecule has 1 aliphatic heterocycles. The van der Waals surface area contributed by atoms with E-state index in [1.54, 1.807) is 16.2 Å². The maximum atomic E-state index is 12.7. The van der Waals surface area contributed by atoms with Gasteiger partial charge in [-0.05, 0) is 37.8 Å². The number of fused-ring (bicyclic) bond motifs is 1. The summed E-state index contributed by atoms with van der Waals surface area (Å²) in [6.07, 6.45) is 3.51. The van der Waals surface area contributed by atoms with Crippen LogP contribution in [-0.4, -0.2) is 44.2 Å². The molecule has 0 bridgehead atoms. The van der Waals surface area contributed by atoms with Gasteiger partial charge >= 0.3 is 5.69 Å². The number of aliphatic hydroxyl groups excluding tert-OH is 1. The molecule has 1 aromatic heterocycles. The molecule has 6 nitrogen and oxygen atoms in total. The largest absolute Gasteiger partial charge is 0.396 e. The molecule has 1 aliphatic rings. The Morgan fingerprint density at radius 2 is 2.04 bits per heavy atom. The van der Waals surface area contributed by atoms with Crippen molar-refractivity contribution in [2.24, 2.45) is 7.05 Å². The minimum absolute atomic E-state index is 0.0103. The highest BCUT2D eigenvalue weighted by atomic mass is 16.3. The van der Waals surface area contributed by atoms with Crippen LogP contribution in [0.25, 0.3) is 11.0 Å². The first-order valence-electron chi connectivity index (χ1n) is 8.18. The van der Waals surface area contributed by atoms with Crippen molar-refractivity contribution in [2.45, 2.75) is 38.3 Å². The molecule has 2 heterocycles. The van der Waals surface area contributed by atoms with E-state index in [-0.39, 0.29) is 30.8 Å². The van der Waals surface area contributed by atoms with Crippen molar-refractivity contribution in [3.63, 3.8) is 0 Å².